The number of hydrogen-bond acceptors (Lipinski definition) is 7. The minimum absolute atomic E-state index is 0.0529. The van der Waals surface area contributed by atoms with Crippen molar-refractivity contribution in [3.63, 3.8) is 0 Å². The van der Waals surface area contributed by atoms with Crippen molar-refractivity contribution in [2.75, 3.05) is 31.8 Å². The van der Waals surface area contributed by atoms with Gasteiger partial charge in [-0.05, 0) is 37.6 Å². The summed E-state index contributed by atoms with van der Waals surface area (Å²) >= 11 is 5.24. The van der Waals surface area contributed by atoms with Gasteiger partial charge >= 0.3 is 5.97 Å². The number of carbonyl (C=O) groups is 3. The summed E-state index contributed by atoms with van der Waals surface area (Å²) < 4.78 is 9.81. The van der Waals surface area contributed by atoms with Crippen molar-refractivity contribution in [1.82, 2.24) is 4.90 Å². The fourth-order valence-corrected chi connectivity index (χ4v) is 9.36. The number of fused-ring (bicyclic) bond motifs is 1. The molecule has 2 amide bonds. The Balaban J connectivity index is 1.79. The number of halogens is 1. The third kappa shape index (κ3) is 4.16. The van der Waals surface area contributed by atoms with E-state index in [1.54, 1.807) is 49.3 Å². The Morgan fingerprint density at radius 2 is 2.03 bits per heavy atom. The highest BCUT2D eigenvalue weighted by Crippen LogP contribution is 2.68. The lowest BCUT2D eigenvalue weighted by Gasteiger charge is -2.39. The fraction of sp³-hybridized carbons (Fsp3) is 0.500. The average molecular weight is 580 g/mol. The first-order valence-corrected chi connectivity index (χ1v) is 13.6. The minimum Gasteiger partial charge on any atom is -0.497 e. The Bertz CT molecular complexity index is 1050. The van der Waals surface area contributed by atoms with Gasteiger partial charge in [0.2, 0.25) is 5.91 Å². The van der Waals surface area contributed by atoms with Crippen LogP contribution in [0.1, 0.15) is 13.3 Å². The molecule has 1 aromatic rings. The molecular weight excluding hydrogens is 548 g/mol. The summed E-state index contributed by atoms with van der Waals surface area (Å²) in [6.07, 6.45) is 3.67. The number of alkyl halides is 1. The molecule has 10 heteroatoms. The number of ether oxygens (including phenoxy) is 2. The molecular formula is C26H31BrN2O6S. The molecule has 1 aromatic carbocycles. The van der Waals surface area contributed by atoms with Crippen LogP contribution in [0.3, 0.4) is 0 Å². The second-order valence-corrected chi connectivity index (χ2v) is 12.0. The van der Waals surface area contributed by atoms with E-state index < -0.39 is 34.6 Å². The Morgan fingerprint density at radius 3 is 2.61 bits per heavy atom. The third-order valence-electron chi connectivity index (χ3n) is 7.28. The van der Waals surface area contributed by atoms with Gasteiger partial charge in [0.1, 0.15) is 18.4 Å². The predicted octanol–water partition coefficient (Wildman–Crippen LogP) is 2.79. The van der Waals surface area contributed by atoms with E-state index in [1.807, 2.05) is 0 Å². The van der Waals surface area contributed by atoms with Crippen molar-refractivity contribution < 1.29 is 29.0 Å². The van der Waals surface area contributed by atoms with Crippen molar-refractivity contribution >= 4 is 51.2 Å². The number of carbonyl (C=O) groups excluding carboxylic acids is 3. The number of hydrogen-bond donors (Lipinski definition) is 1. The monoisotopic (exact) mass is 578 g/mol. The molecule has 7 atom stereocenters. The van der Waals surface area contributed by atoms with Crippen LogP contribution < -0.4 is 9.64 Å². The first-order valence-electron chi connectivity index (χ1n) is 11.8. The number of nitrogens with zero attached hydrogens (tertiary/aromatic N) is 2. The molecule has 2 bridgehead atoms. The molecule has 8 nitrogen and oxygen atoms in total. The molecule has 1 N–H and O–H groups in total. The van der Waals surface area contributed by atoms with Crippen LogP contribution in [0.25, 0.3) is 0 Å². The Morgan fingerprint density at radius 1 is 1.33 bits per heavy atom. The van der Waals surface area contributed by atoms with Crippen LogP contribution >= 0.6 is 27.7 Å². The van der Waals surface area contributed by atoms with Gasteiger partial charge in [0.05, 0.1) is 36.3 Å². The highest BCUT2D eigenvalue weighted by atomic mass is 79.9. The molecule has 3 saturated heterocycles. The summed E-state index contributed by atoms with van der Waals surface area (Å²) in [5, 5.41) is 9.83. The first kappa shape index (κ1) is 26.8. The number of thioether (sulfide) groups is 1. The van der Waals surface area contributed by atoms with Crippen LogP contribution in [0.5, 0.6) is 5.75 Å². The number of amides is 2. The van der Waals surface area contributed by atoms with Gasteiger partial charge in [-0.1, -0.05) is 34.7 Å². The van der Waals surface area contributed by atoms with Crippen molar-refractivity contribution in [3.05, 3.63) is 49.6 Å². The van der Waals surface area contributed by atoms with E-state index in [9.17, 15) is 19.5 Å². The van der Waals surface area contributed by atoms with Gasteiger partial charge in [-0.3, -0.25) is 14.4 Å². The summed E-state index contributed by atoms with van der Waals surface area (Å²) in [7, 11) is 1.57. The molecule has 0 aromatic heterocycles. The van der Waals surface area contributed by atoms with E-state index in [4.69, 9.17) is 9.47 Å². The van der Waals surface area contributed by atoms with Crippen molar-refractivity contribution in [2.45, 2.75) is 40.3 Å². The van der Waals surface area contributed by atoms with E-state index in [-0.39, 0.29) is 41.6 Å². The Kier molecular flexibility index (Phi) is 7.87. The molecule has 3 aliphatic heterocycles. The molecule has 1 spiro atoms. The lowest BCUT2D eigenvalue weighted by atomic mass is 9.71. The third-order valence-corrected chi connectivity index (χ3v) is 10.5. The molecule has 0 radical (unpaired) electrons. The number of likely N-dealkylation sites (tertiary alicyclic amines) is 1. The minimum atomic E-state index is -0.869. The largest absolute Gasteiger partial charge is 0.497 e. The molecule has 36 heavy (non-hydrogen) atoms. The normalized spacial score (nSPS) is 31.1. The van der Waals surface area contributed by atoms with Gasteiger partial charge < -0.3 is 24.4 Å². The van der Waals surface area contributed by atoms with Gasteiger partial charge in [0, 0.05) is 22.3 Å². The molecule has 3 aliphatic rings. The van der Waals surface area contributed by atoms with Crippen molar-refractivity contribution in [1.29, 1.82) is 0 Å². The molecule has 3 fully saturated rings. The molecule has 0 aliphatic carbocycles. The number of rotatable bonds is 10. The lowest BCUT2D eigenvalue weighted by Crippen LogP contribution is -2.57. The number of aliphatic hydroxyl groups excluding tert-OH is 1. The zero-order valence-corrected chi connectivity index (χ0v) is 22.7. The van der Waals surface area contributed by atoms with E-state index >= 15 is 0 Å². The van der Waals surface area contributed by atoms with Crippen LogP contribution in [-0.2, 0) is 19.1 Å². The maximum absolute atomic E-state index is 14.4. The lowest BCUT2D eigenvalue weighted by molar-refractivity contribution is -0.153. The Labute approximate surface area is 223 Å². The number of methoxy groups -OCH3 is 1. The van der Waals surface area contributed by atoms with E-state index in [1.165, 1.54) is 22.7 Å². The highest BCUT2D eigenvalue weighted by molar-refractivity contribution is 9.09. The number of esters is 1. The fourth-order valence-electron chi connectivity index (χ4n) is 5.78. The highest BCUT2D eigenvalue weighted by Gasteiger charge is 2.76. The number of benzene rings is 1. The summed E-state index contributed by atoms with van der Waals surface area (Å²) in [6.45, 7) is 9.12. The zero-order chi connectivity index (χ0) is 26.2. The van der Waals surface area contributed by atoms with Crippen LogP contribution in [0.2, 0.25) is 0 Å². The molecule has 194 valence electrons. The number of anilines is 1. The first-order chi connectivity index (χ1) is 17.2. The zero-order valence-electron chi connectivity index (χ0n) is 20.3. The van der Waals surface area contributed by atoms with Crippen molar-refractivity contribution in [3.8, 4) is 5.75 Å². The van der Waals surface area contributed by atoms with E-state index in [0.29, 0.717) is 17.9 Å². The number of aliphatic hydroxyl groups is 1. The van der Waals surface area contributed by atoms with Crippen LogP contribution in [0.15, 0.2) is 49.6 Å². The van der Waals surface area contributed by atoms with Crippen LogP contribution in [0, 0.1) is 11.8 Å². The molecule has 3 heterocycles. The van der Waals surface area contributed by atoms with Gasteiger partial charge in [0.15, 0.2) is 0 Å². The van der Waals surface area contributed by atoms with Crippen LogP contribution in [0.4, 0.5) is 5.69 Å². The summed E-state index contributed by atoms with van der Waals surface area (Å²) in [5.74, 6) is -1.78. The molecule has 0 saturated carbocycles. The van der Waals surface area contributed by atoms with Crippen LogP contribution in [-0.4, -0.2) is 81.6 Å². The van der Waals surface area contributed by atoms with Gasteiger partial charge in [-0.25, -0.2) is 0 Å². The smallest absolute Gasteiger partial charge is 0.311 e. The topological polar surface area (TPSA) is 96.4 Å². The Hall–Kier alpha value is -2.30. The predicted molar refractivity (Wildman–Crippen MR) is 142 cm³/mol. The average Bonchev–Trinajstić information content (AvgIpc) is 3.48. The maximum Gasteiger partial charge on any atom is 0.311 e. The van der Waals surface area contributed by atoms with Gasteiger partial charge in [0.25, 0.3) is 5.91 Å². The van der Waals surface area contributed by atoms with Gasteiger partial charge in [-0.2, -0.15) is 0 Å². The van der Waals surface area contributed by atoms with E-state index in [2.05, 4.69) is 29.1 Å². The summed E-state index contributed by atoms with van der Waals surface area (Å²) in [4.78, 5) is 44.4. The second kappa shape index (κ2) is 10.6. The van der Waals surface area contributed by atoms with Gasteiger partial charge in [-0.15, -0.1) is 18.3 Å². The standard InChI is InChI=1S/C26H31BrN2O6S/c1-5-11-28(16-7-9-17(34-4)10-8-16)24(32)22-26-13-18(27)21(36-26)19(25(33)35-12-6-2)20(26)23(31)29(22)15(3)14-30/h5-10,15,18-22,30H,1-2,11-14H2,3-4H3/t15-,18?,19+,20+,21+,22?,26?/m1/s1. The summed E-state index contributed by atoms with van der Waals surface area (Å²) in [5.41, 5.74) is 0.638. The second-order valence-electron chi connectivity index (χ2n) is 9.29. The molecule has 4 rings (SSSR count). The van der Waals surface area contributed by atoms with Crippen molar-refractivity contribution in [2.24, 2.45) is 11.8 Å². The molecule has 3 unspecified atom stereocenters. The maximum atomic E-state index is 14.4. The SMILES string of the molecule is C=CCOC(=O)[C@H]1[C@H]2C(=O)N([C@H](C)CO)C(C(=O)N(CC=C)c3ccc(OC)cc3)C23CC(Br)[C@@H]1S3. The quantitative estimate of drug-likeness (QED) is 0.259. The summed E-state index contributed by atoms with van der Waals surface area (Å²) in [6, 6.07) is 5.63. The van der Waals surface area contributed by atoms with E-state index in [0.717, 1.165) is 0 Å².